The molecule has 0 unspecified atom stereocenters. The van der Waals surface area contributed by atoms with Crippen LogP contribution in [0.1, 0.15) is 31.7 Å². The van der Waals surface area contributed by atoms with Gasteiger partial charge in [-0.3, -0.25) is 4.90 Å². The second-order valence-electron chi connectivity index (χ2n) is 8.87. The number of hydrogen-bond acceptors (Lipinski definition) is 5. The zero-order valence-electron chi connectivity index (χ0n) is 20.0. The van der Waals surface area contributed by atoms with Crippen molar-refractivity contribution in [2.45, 2.75) is 32.7 Å². The molecule has 1 fully saturated rings. The molecule has 0 radical (unpaired) electrons. The summed E-state index contributed by atoms with van der Waals surface area (Å²) in [5, 5.41) is 1.14. The molecule has 0 spiro atoms. The third-order valence-electron chi connectivity index (χ3n) is 6.06. The number of benzene rings is 2. The normalized spacial score (nSPS) is 15.1. The topological polar surface area (TPSA) is 34.2 Å². The van der Waals surface area contributed by atoms with E-state index in [2.05, 4.69) is 35.9 Å². The van der Waals surface area contributed by atoms with Gasteiger partial charge in [0.2, 0.25) is 0 Å². The molecular formula is C26H36Cl2N2O3. The van der Waals surface area contributed by atoms with Gasteiger partial charge in [0, 0.05) is 24.7 Å². The maximum Gasteiger partial charge on any atom is 0.161 e. The van der Waals surface area contributed by atoms with Crippen LogP contribution in [0.3, 0.4) is 0 Å². The molecule has 1 aliphatic heterocycles. The predicted molar refractivity (Wildman–Crippen MR) is 136 cm³/mol. The number of nitrogens with zero attached hydrogens (tertiary/aromatic N) is 2. The summed E-state index contributed by atoms with van der Waals surface area (Å²) in [5.41, 5.74) is 1.19. The highest BCUT2D eigenvalue weighted by atomic mass is 35.5. The Morgan fingerprint density at radius 2 is 1.70 bits per heavy atom. The summed E-state index contributed by atoms with van der Waals surface area (Å²) in [7, 11) is 3.80. The number of rotatable bonds is 12. The summed E-state index contributed by atoms with van der Waals surface area (Å²) in [6.45, 7) is 8.64. The van der Waals surface area contributed by atoms with E-state index in [4.69, 9.17) is 37.4 Å². The van der Waals surface area contributed by atoms with Crippen LogP contribution in [0.4, 0.5) is 0 Å². The third-order valence-corrected chi connectivity index (χ3v) is 6.59. The minimum atomic E-state index is 0.538. The number of piperidine rings is 1. The van der Waals surface area contributed by atoms with Crippen molar-refractivity contribution >= 4 is 23.2 Å². The van der Waals surface area contributed by atoms with Crippen molar-refractivity contribution in [3.8, 4) is 17.2 Å². The molecule has 3 rings (SSSR count). The van der Waals surface area contributed by atoms with Gasteiger partial charge in [0.1, 0.15) is 12.4 Å². The maximum atomic E-state index is 6.15. The molecule has 0 bridgehead atoms. The van der Waals surface area contributed by atoms with E-state index in [0.717, 1.165) is 43.5 Å². The molecule has 0 amide bonds. The van der Waals surface area contributed by atoms with Gasteiger partial charge >= 0.3 is 0 Å². The fraction of sp³-hybridized carbons (Fsp3) is 0.538. The maximum absolute atomic E-state index is 6.15. The molecule has 1 saturated heterocycles. The Bertz CT molecular complexity index is 873. The van der Waals surface area contributed by atoms with E-state index in [0.29, 0.717) is 29.0 Å². The summed E-state index contributed by atoms with van der Waals surface area (Å²) in [4.78, 5) is 4.75. The van der Waals surface area contributed by atoms with Crippen molar-refractivity contribution in [1.82, 2.24) is 9.80 Å². The molecule has 2 aromatic carbocycles. The Kier molecular flexibility index (Phi) is 10.4. The van der Waals surface area contributed by atoms with Gasteiger partial charge in [0.15, 0.2) is 11.5 Å². The lowest BCUT2D eigenvalue weighted by Gasteiger charge is -2.30. The van der Waals surface area contributed by atoms with E-state index in [9.17, 15) is 0 Å². The van der Waals surface area contributed by atoms with Gasteiger partial charge in [-0.05, 0) is 81.2 Å². The Labute approximate surface area is 208 Å². The Balaban J connectivity index is 1.39. The number of halogens is 2. The molecule has 182 valence electrons. The van der Waals surface area contributed by atoms with Crippen molar-refractivity contribution in [2.75, 3.05) is 53.6 Å². The zero-order chi connectivity index (χ0) is 23.6. The SMILES string of the molecule is COc1cc(CN(C)CCCOc2ccc(Cl)cc2Cl)ccc1OCCN1CCC(C)CC1. The predicted octanol–water partition coefficient (Wildman–Crippen LogP) is 6.01. The summed E-state index contributed by atoms with van der Waals surface area (Å²) in [5.74, 6) is 3.11. The summed E-state index contributed by atoms with van der Waals surface area (Å²) >= 11 is 12.1. The summed E-state index contributed by atoms with van der Waals surface area (Å²) < 4.78 is 17.4. The molecular weight excluding hydrogens is 459 g/mol. The highest BCUT2D eigenvalue weighted by molar-refractivity contribution is 6.35. The van der Waals surface area contributed by atoms with Gasteiger partial charge in [0.25, 0.3) is 0 Å². The smallest absolute Gasteiger partial charge is 0.161 e. The number of likely N-dealkylation sites (tertiary alicyclic amines) is 1. The van der Waals surface area contributed by atoms with Crippen molar-refractivity contribution in [1.29, 1.82) is 0 Å². The lowest BCUT2D eigenvalue weighted by Crippen LogP contribution is -2.35. The molecule has 0 atom stereocenters. The first kappa shape index (κ1) is 26.0. The average Bonchev–Trinajstić information content (AvgIpc) is 2.80. The standard InChI is InChI=1S/C26H36Cl2N2O3/c1-20-9-12-30(13-10-20)14-16-33-25-7-5-21(17-26(25)31-3)19-29(2)11-4-15-32-24-8-6-22(27)18-23(24)28/h5-8,17-18,20H,4,9-16,19H2,1-3H3. The van der Waals surface area contributed by atoms with E-state index < -0.39 is 0 Å². The van der Waals surface area contributed by atoms with Crippen molar-refractivity contribution in [2.24, 2.45) is 5.92 Å². The molecule has 5 nitrogen and oxygen atoms in total. The quantitative estimate of drug-likeness (QED) is 0.337. The Morgan fingerprint density at radius 3 is 2.42 bits per heavy atom. The highest BCUT2D eigenvalue weighted by Gasteiger charge is 2.15. The first-order chi connectivity index (χ1) is 15.9. The molecule has 1 aliphatic rings. The van der Waals surface area contributed by atoms with Crippen molar-refractivity contribution in [3.63, 3.8) is 0 Å². The number of methoxy groups -OCH3 is 1. The van der Waals surface area contributed by atoms with Crippen LogP contribution >= 0.6 is 23.2 Å². The monoisotopic (exact) mass is 494 g/mol. The summed E-state index contributed by atoms with van der Waals surface area (Å²) in [6.07, 6.45) is 3.46. The number of hydrogen-bond donors (Lipinski definition) is 0. The van der Waals surface area contributed by atoms with Crippen LogP contribution < -0.4 is 14.2 Å². The Morgan fingerprint density at radius 1 is 0.970 bits per heavy atom. The zero-order valence-corrected chi connectivity index (χ0v) is 21.5. The fourth-order valence-corrected chi connectivity index (χ4v) is 4.46. The second-order valence-corrected chi connectivity index (χ2v) is 9.72. The lowest BCUT2D eigenvalue weighted by molar-refractivity contribution is 0.158. The Hall–Kier alpha value is -1.66. The van der Waals surface area contributed by atoms with Gasteiger partial charge in [-0.25, -0.2) is 0 Å². The average molecular weight is 495 g/mol. The molecule has 0 saturated carbocycles. The molecule has 0 aliphatic carbocycles. The molecule has 7 heteroatoms. The molecule has 0 aromatic heterocycles. The molecule has 0 N–H and O–H groups in total. The minimum absolute atomic E-state index is 0.538. The molecule has 33 heavy (non-hydrogen) atoms. The van der Waals surface area contributed by atoms with Gasteiger partial charge in [0.05, 0.1) is 18.7 Å². The van der Waals surface area contributed by atoms with E-state index in [1.54, 1.807) is 25.3 Å². The van der Waals surface area contributed by atoms with Crippen LogP contribution in [0, 0.1) is 5.92 Å². The van der Waals surface area contributed by atoms with Gasteiger partial charge in [-0.2, -0.15) is 0 Å². The van der Waals surface area contributed by atoms with E-state index in [1.165, 1.54) is 31.5 Å². The molecule has 2 aromatic rings. The van der Waals surface area contributed by atoms with E-state index in [1.807, 2.05) is 6.07 Å². The molecule has 1 heterocycles. The largest absolute Gasteiger partial charge is 0.493 e. The van der Waals surface area contributed by atoms with Crippen molar-refractivity contribution < 1.29 is 14.2 Å². The lowest BCUT2D eigenvalue weighted by atomic mass is 9.99. The van der Waals surface area contributed by atoms with E-state index in [-0.39, 0.29) is 0 Å². The van der Waals surface area contributed by atoms with Gasteiger partial charge < -0.3 is 19.1 Å². The third kappa shape index (κ3) is 8.56. The van der Waals surface area contributed by atoms with Gasteiger partial charge in [-0.15, -0.1) is 0 Å². The summed E-state index contributed by atoms with van der Waals surface area (Å²) in [6, 6.07) is 11.5. The van der Waals surface area contributed by atoms with Crippen LogP contribution in [0.5, 0.6) is 17.2 Å². The first-order valence-electron chi connectivity index (χ1n) is 11.7. The van der Waals surface area contributed by atoms with Crippen molar-refractivity contribution in [3.05, 3.63) is 52.0 Å². The van der Waals surface area contributed by atoms with Crippen LogP contribution in [-0.2, 0) is 6.54 Å². The van der Waals surface area contributed by atoms with E-state index >= 15 is 0 Å². The highest BCUT2D eigenvalue weighted by Crippen LogP contribution is 2.29. The second kappa shape index (κ2) is 13.3. The van der Waals surface area contributed by atoms with Crippen LogP contribution in [0.2, 0.25) is 10.0 Å². The van der Waals surface area contributed by atoms with Gasteiger partial charge in [-0.1, -0.05) is 36.2 Å². The van der Waals surface area contributed by atoms with Crippen LogP contribution in [0.25, 0.3) is 0 Å². The van der Waals surface area contributed by atoms with Crippen LogP contribution in [-0.4, -0.2) is 63.4 Å². The minimum Gasteiger partial charge on any atom is -0.493 e. The first-order valence-corrected chi connectivity index (χ1v) is 12.5. The number of ether oxygens (including phenoxy) is 3. The van der Waals surface area contributed by atoms with Crippen LogP contribution in [0.15, 0.2) is 36.4 Å². The fourth-order valence-electron chi connectivity index (χ4n) is 4.00.